The first-order valence-corrected chi connectivity index (χ1v) is 7.06. The third-order valence-electron chi connectivity index (χ3n) is 4.12. The van der Waals surface area contributed by atoms with Crippen LogP contribution in [0.4, 0.5) is 13.2 Å². The number of nitrogens with one attached hydrogen (secondary N) is 1. The number of piperidine rings is 1. The molecule has 1 aliphatic heterocycles. The highest BCUT2D eigenvalue weighted by Gasteiger charge is 2.30. The van der Waals surface area contributed by atoms with Crippen molar-refractivity contribution in [2.24, 2.45) is 0 Å². The average Bonchev–Trinajstić information content (AvgIpc) is 2.50. The van der Waals surface area contributed by atoms with Crippen molar-refractivity contribution >= 4 is 0 Å². The maximum absolute atomic E-state index is 14.1. The molecular formula is C17H16F3N. The molecule has 2 atom stereocenters. The molecule has 1 heterocycles. The van der Waals surface area contributed by atoms with Crippen LogP contribution in [0.3, 0.4) is 0 Å². The second-order valence-electron chi connectivity index (χ2n) is 5.43. The fourth-order valence-corrected chi connectivity index (χ4v) is 3.12. The van der Waals surface area contributed by atoms with Gasteiger partial charge in [-0.05, 0) is 60.3 Å². The van der Waals surface area contributed by atoms with Gasteiger partial charge in [-0.1, -0.05) is 12.1 Å². The zero-order chi connectivity index (χ0) is 14.8. The van der Waals surface area contributed by atoms with Gasteiger partial charge >= 0.3 is 0 Å². The van der Waals surface area contributed by atoms with Crippen LogP contribution in [0.15, 0.2) is 42.5 Å². The average molecular weight is 291 g/mol. The van der Waals surface area contributed by atoms with E-state index in [9.17, 15) is 13.2 Å². The van der Waals surface area contributed by atoms with E-state index in [1.165, 1.54) is 18.2 Å². The standard InChI is InChI=1S/C17H16F3N/c18-12-3-1-2-11(8-12)16-10-21-7-6-14(16)15-9-13(19)4-5-17(15)20/h1-5,8-9,14,16,21H,6-7,10H2. The van der Waals surface area contributed by atoms with Crippen molar-refractivity contribution in [3.8, 4) is 0 Å². The van der Waals surface area contributed by atoms with E-state index in [2.05, 4.69) is 5.32 Å². The molecule has 0 amide bonds. The Hall–Kier alpha value is -1.81. The Labute approximate surface area is 121 Å². The molecule has 1 aliphatic rings. The van der Waals surface area contributed by atoms with Gasteiger partial charge in [0.05, 0.1) is 0 Å². The summed E-state index contributed by atoms with van der Waals surface area (Å²) in [6.07, 6.45) is 0.696. The minimum Gasteiger partial charge on any atom is -0.316 e. The summed E-state index contributed by atoms with van der Waals surface area (Å²) < 4.78 is 41.0. The van der Waals surface area contributed by atoms with Gasteiger partial charge in [-0.25, -0.2) is 13.2 Å². The molecule has 1 N–H and O–H groups in total. The monoisotopic (exact) mass is 291 g/mol. The summed E-state index contributed by atoms with van der Waals surface area (Å²) in [4.78, 5) is 0. The molecule has 0 bridgehead atoms. The van der Waals surface area contributed by atoms with Gasteiger partial charge in [-0.3, -0.25) is 0 Å². The lowest BCUT2D eigenvalue weighted by Crippen LogP contribution is -2.34. The quantitative estimate of drug-likeness (QED) is 0.883. The molecule has 3 rings (SSSR count). The summed E-state index contributed by atoms with van der Waals surface area (Å²) in [5, 5.41) is 3.25. The highest BCUT2D eigenvalue weighted by atomic mass is 19.1. The van der Waals surface area contributed by atoms with Gasteiger partial charge < -0.3 is 5.32 Å². The molecule has 2 unspecified atom stereocenters. The summed E-state index contributed by atoms with van der Waals surface area (Å²) in [6, 6.07) is 9.90. The SMILES string of the molecule is Fc1cccc(C2CNCCC2c2cc(F)ccc2F)c1. The molecule has 1 fully saturated rings. The van der Waals surface area contributed by atoms with Gasteiger partial charge in [-0.15, -0.1) is 0 Å². The topological polar surface area (TPSA) is 12.0 Å². The molecule has 21 heavy (non-hydrogen) atoms. The normalized spacial score (nSPS) is 22.2. The molecule has 0 spiro atoms. The van der Waals surface area contributed by atoms with Crippen molar-refractivity contribution < 1.29 is 13.2 Å². The van der Waals surface area contributed by atoms with Crippen molar-refractivity contribution in [1.82, 2.24) is 5.32 Å². The minimum absolute atomic E-state index is 0.0641. The highest BCUT2D eigenvalue weighted by molar-refractivity contribution is 5.31. The fraction of sp³-hybridized carbons (Fsp3) is 0.294. The Morgan fingerprint density at radius 2 is 1.71 bits per heavy atom. The largest absolute Gasteiger partial charge is 0.316 e. The van der Waals surface area contributed by atoms with E-state index in [-0.39, 0.29) is 17.7 Å². The van der Waals surface area contributed by atoms with E-state index >= 15 is 0 Å². The Morgan fingerprint density at radius 3 is 2.52 bits per heavy atom. The van der Waals surface area contributed by atoms with E-state index in [1.54, 1.807) is 6.07 Å². The summed E-state index contributed by atoms with van der Waals surface area (Å²) in [5.41, 5.74) is 1.20. The van der Waals surface area contributed by atoms with Crippen LogP contribution in [-0.2, 0) is 0 Å². The van der Waals surface area contributed by atoms with E-state index in [0.717, 1.165) is 24.2 Å². The maximum Gasteiger partial charge on any atom is 0.126 e. The lowest BCUT2D eigenvalue weighted by molar-refractivity contribution is 0.391. The summed E-state index contributed by atoms with van der Waals surface area (Å²) in [5.74, 6) is -1.36. The lowest BCUT2D eigenvalue weighted by Gasteiger charge is -2.33. The van der Waals surface area contributed by atoms with Gasteiger partial charge in [0, 0.05) is 12.5 Å². The second-order valence-corrected chi connectivity index (χ2v) is 5.43. The summed E-state index contributed by atoms with van der Waals surface area (Å²) in [6.45, 7) is 1.37. The van der Waals surface area contributed by atoms with Gasteiger partial charge in [0.25, 0.3) is 0 Å². The second kappa shape index (κ2) is 5.90. The van der Waals surface area contributed by atoms with Crippen LogP contribution in [0, 0.1) is 17.5 Å². The van der Waals surface area contributed by atoms with Crippen molar-refractivity contribution in [3.05, 3.63) is 71.0 Å². The third-order valence-corrected chi connectivity index (χ3v) is 4.12. The Balaban J connectivity index is 2.00. The first kappa shape index (κ1) is 14.1. The predicted octanol–water partition coefficient (Wildman–Crippen LogP) is 3.96. The van der Waals surface area contributed by atoms with Crippen molar-refractivity contribution in [2.45, 2.75) is 18.3 Å². The molecule has 0 aromatic heterocycles. The molecule has 0 radical (unpaired) electrons. The van der Waals surface area contributed by atoms with Crippen LogP contribution >= 0.6 is 0 Å². The molecule has 1 saturated heterocycles. The molecule has 1 nitrogen and oxygen atoms in total. The van der Waals surface area contributed by atoms with Crippen LogP contribution in [0.1, 0.15) is 29.4 Å². The molecule has 0 aliphatic carbocycles. The Kier molecular flexibility index (Phi) is 3.97. The van der Waals surface area contributed by atoms with Crippen molar-refractivity contribution in [1.29, 1.82) is 0 Å². The van der Waals surface area contributed by atoms with Crippen LogP contribution in [0.5, 0.6) is 0 Å². The van der Waals surface area contributed by atoms with Gasteiger partial charge in [0.2, 0.25) is 0 Å². The van der Waals surface area contributed by atoms with Crippen LogP contribution in [0.2, 0.25) is 0 Å². The number of benzene rings is 2. The molecule has 2 aromatic carbocycles. The van der Waals surface area contributed by atoms with Gasteiger partial charge in [0.1, 0.15) is 17.5 Å². The summed E-state index contributed by atoms with van der Waals surface area (Å²) >= 11 is 0. The van der Waals surface area contributed by atoms with E-state index < -0.39 is 11.6 Å². The number of hydrogen-bond donors (Lipinski definition) is 1. The summed E-state index contributed by atoms with van der Waals surface area (Å²) in [7, 11) is 0. The Bertz CT molecular complexity index is 642. The van der Waals surface area contributed by atoms with Gasteiger partial charge in [0.15, 0.2) is 0 Å². The van der Waals surface area contributed by atoms with Crippen molar-refractivity contribution in [3.63, 3.8) is 0 Å². The van der Waals surface area contributed by atoms with E-state index in [4.69, 9.17) is 0 Å². The number of halogens is 3. The molecule has 4 heteroatoms. The predicted molar refractivity (Wildman–Crippen MR) is 75.7 cm³/mol. The number of hydrogen-bond acceptors (Lipinski definition) is 1. The minimum atomic E-state index is -0.442. The van der Waals surface area contributed by atoms with E-state index in [1.807, 2.05) is 6.07 Å². The van der Waals surface area contributed by atoms with Crippen molar-refractivity contribution in [2.75, 3.05) is 13.1 Å². The van der Waals surface area contributed by atoms with E-state index in [0.29, 0.717) is 18.5 Å². The number of rotatable bonds is 2. The molecule has 0 saturated carbocycles. The van der Waals surface area contributed by atoms with Gasteiger partial charge in [-0.2, -0.15) is 0 Å². The zero-order valence-corrected chi connectivity index (χ0v) is 11.5. The highest BCUT2D eigenvalue weighted by Crippen LogP contribution is 2.38. The zero-order valence-electron chi connectivity index (χ0n) is 11.5. The van der Waals surface area contributed by atoms with Crippen LogP contribution in [0.25, 0.3) is 0 Å². The van der Waals surface area contributed by atoms with Crippen LogP contribution < -0.4 is 5.32 Å². The molecule has 110 valence electrons. The first-order valence-electron chi connectivity index (χ1n) is 7.06. The third kappa shape index (κ3) is 2.95. The fourth-order valence-electron chi connectivity index (χ4n) is 3.12. The smallest absolute Gasteiger partial charge is 0.126 e. The Morgan fingerprint density at radius 1 is 0.905 bits per heavy atom. The molecule has 2 aromatic rings. The molecular weight excluding hydrogens is 275 g/mol. The first-order chi connectivity index (χ1) is 10.1. The maximum atomic E-state index is 14.1. The lowest BCUT2D eigenvalue weighted by atomic mass is 9.77. The van der Waals surface area contributed by atoms with Crippen LogP contribution in [-0.4, -0.2) is 13.1 Å².